The predicted molar refractivity (Wildman–Crippen MR) is 152 cm³/mol. The molecule has 5 unspecified atom stereocenters. The number of phenols is 1. The van der Waals surface area contributed by atoms with Crippen molar-refractivity contribution in [3.8, 4) is 5.75 Å². The molecule has 3 amide bonds. The summed E-state index contributed by atoms with van der Waals surface area (Å²) < 4.78 is 0. The molecular weight excluding hydrogens is 518 g/mol. The van der Waals surface area contributed by atoms with Crippen LogP contribution in [0.5, 0.6) is 5.75 Å². The Morgan fingerprint density at radius 1 is 0.925 bits per heavy atom. The fraction of sp³-hybridized carbons (Fsp3) is 0.593. The quantitative estimate of drug-likeness (QED) is 0.0719. The molecule has 5 atom stereocenters. The van der Waals surface area contributed by atoms with Gasteiger partial charge in [-0.25, -0.2) is 4.79 Å². The molecule has 224 valence electrons. The van der Waals surface area contributed by atoms with Gasteiger partial charge >= 0.3 is 5.97 Å². The summed E-state index contributed by atoms with van der Waals surface area (Å²) in [5, 5.41) is 27.0. The smallest absolute Gasteiger partial charge is 0.326 e. The average molecular weight is 564 g/mol. The van der Waals surface area contributed by atoms with Crippen LogP contribution in [-0.4, -0.2) is 70.6 Å². The summed E-state index contributed by atoms with van der Waals surface area (Å²) in [7, 11) is 0. The number of nitrogens with zero attached hydrogens (tertiary/aromatic N) is 1. The molecule has 0 spiro atoms. The highest BCUT2D eigenvalue weighted by atomic mass is 16.4. The Morgan fingerprint density at radius 2 is 1.52 bits per heavy atom. The van der Waals surface area contributed by atoms with Gasteiger partial charge in [0.05, 0.1) is 6.04 Å². The number of carbonyl (C=O) groups is 4. The lowest BCUT2D eigenvalue weighted by Gasteiger charge is -2.28. The molecule has 0 aliphatic heterocycles. The summed E-state index contributed by atoms with van der Waals surface area (Å²) in [5.74, 6) is -3.28. The summed E-state index contributed by atoms with van der Waals surface area (Å²) in [6.45, 7) is 7.61. The first kappa shape index (κ1) is 34.2. The van der Waals surface area contributed by atoms with Crippen LogP contribution in [-0.2, 0) is 25.6 Å². The van der Waals surface area contributed by atoms with Gasteiger partial charge in [0.25, 0.3) is 0 Å². The number of nitrogens with two attached hydrogens (primary N) is 3. The van der Waals surface area contributed by atoms with Crippen molar-refractivity contribution in [3.05, 3.63) is 29.8 Å². The molecule has 1 aromatic carbocycles. The van der Waals surface area contributed by atoms with Gasteiger partial charge in [0, 0.05) is 6.54 Å². The SMILES string of the molecule is CCC(C)C(NC(=O)C(N)Cc1ccc(O)cc1)C(=O)NC(CC(C)C)C(=O)NC(CCCN=C(N)N)C(=O)O. The minimum absolute atomic E-state index is 0.00318. The van der Waals surface area contributed by atoms with Crippen LogP contribution in [0.1, 0.15) is 58.9 Å². The Bertz CT molecular complexity index is 1010. The number of carboxylic acids is 1. The van der Waals surface area contributed by atoms with E-state index in [1.54, 1.807) is 19.1 Å². The first-order valence-corrected chi connectivity index (χ1v) is 13.5. The number of rotatable bonds is 17. The number of aliphatic imine (C=N–C) groups is 1. The van der Waals surface area contributed by atoms with Crippen LogP contribution in [0.25, 0.3) is 0 Å². The van der Waals surface area contributed by atoms with Crippen LogP contribution in [0, 0.1) is 11.8 Å². The second-order valence-corrected chi connectivity index (χ2v) is 10.4. The van der Waals surface area contributed by atoms with E-state index in [4.69, 9.17) is 17.2 Å². The number of hydrogen-bond donors (Lipinski definition) is 8. The van der Waals surface area contributed by atoms with Crippen molar-refractivity contribution in [3.63, 3.8) is 0 Å². The summed E-state index contributed by atoms with van der Waals surface area (Å²) in [5.41, 5.74) is 17.4. The van der Waals surface area contributed by atoms with Gasteiger partial charge in [-0.1, -0.05) is 46.2 Å². The van der Waals surface area contributed by atoms with Gasteiger partial charge in [-0.05, 0) is 55.2 Å². The molecule has 13 nitrogen and oxygen atoms in total. The highest BCUT2D eigenvalue weighted by Gasteiger charge is 2.32. The van der Waals surface area contributed by atoms with Gasteiger partial charge in [0.15, 0.2) is 5.96 Å². The highest BCUT2D eigenvalue weighted by Crippen LogP contribution is 2.14. The number of aromatic hydroxyl groups is 1. The molecule has 0 fully saturated rings. The first-order chi connectivity index (χ1) is 18.7. The van der Waals surface area contributed by atoms with Crippen molar-refractivity contribution in [2.75, 3.05) is 6.54 Å². The molecule has 0 saturated heterocycles. The Labute approximate surface area is 235 Å². The van der Waals surface area contributed by atoms with Gasteiger partial charge < -0.3 is 43.4 Å². The van der Waals surface area contributed by atoms with Crippen LogP contribution in [0.4, 0.5) is 0 Å². The summed E-state index contributed by atoms with van der Waals surface area (Å²) >= 11 is 0. The molecule has 0 bridgehead atoms. The second kappa shape index (κ2) is 17.0. The number of phenolic OH excluding ortho intramolecular Hbond substituents is 1. The average Bonchev–Trinajstić information content (AvgIpc) is 2.88. The van der Waals surface area contributed by atoms with E-state index >= 15 is 0 Å². The lowest BCUT2D eigenvalue weighted by atomic mass is 9.96. The van der Waals surface area contributed by atoms with E-state index in [0.717, 1.165) is 5.56 Å². The third-order valence-electron chi connectivity index (χ3n) is 6.42. The van der Waals surface area contributed by atoms with Crippen molar-refractivity contribution in [2.45, 2.75) is 84.0 Å². The first-order valence-electron chi connectivity index (χ1n) is 13.5. The number of carboxylic acid groups (broad SMARTS) is 1. The number of carbonyl (C=O) groups excluding carboxylic acids is 3. The zero-order valence-electron chi connectivity index (χ0n) is 23.7. The molecule has 0 aliphatic carbocycles. The van der Waals surface area contributed by atoms with E-state index in [0.29, 0.717) is 12.8 Å². The Kier molecular flexibility index (Phi) is 14.5. The third-order valence-corrected chi connectivity index (χ3v) is 6.42. The lowest BCUT2D eigenvalue weighted by molar-refractivity contribution is -0.142. The topological polar surface area (TPSA) is 235 Å². The van der Waals surface area contributed by atoms with Crippen molar-refractivity contribution in [1.29, 1.82) is 0 Å². The number of hydrogen-bond acceptors (Lipinski definition) is 7. The van der Waals surface area contributed by atoms with Crippen LogP contribution in [0.15, 0.2) is 29.3 Å². The number of nitrogens with one attached hydrogen (secondary N) is 3. The Morgan fingerprint density at radius 3 is 2.05 bits per heavy atom. The van der Waals surface area contributed by atoms with Crippen LogP contribution < -0.4 is 33.2 Å². The minimum Gasteiger partial charge on any atom is -0.508 e. The van der Waals surface area contributed by atoms with Gasteiger partial charge in [-0.3, -0.25) is 19.4 Å². The third kappa shape index (κ3) is 12.3. The molecule has 0 saturated carbocycles. The number of benzene rings is 1. The number of guanidine groups is 1. The van der Waals surface area contributed by atoms with Crippen LogP contribution in [0.3, 0.4) is 0 Å². The van der Waals surface area contributed by atoms with E-state index in [1.807, 2.05) is 20.8 Å². The van der Waals surface area contributed by atoms with E-state index in [1.165, 1.54) is 12.1 Å². The fourth-order valence-electron chi connectivity index (χ4n) is 3.94. The molecule has 0 aliphatic rings. The van der Waals surface area contributed by atoms with E-state index in [-0.39, 0.29) is 49.4 Å². The van der Waals surface area contributed by atoms with Crippen LogP contribution >= 0.6 is 0 Å². The monoisotopic (exact) mass is 563 g/mol. The molecule has 1 rings (SSSR count). The molecule has 0 aromatic heterocycles. The minimum atomic E-state index is -1.22. The molecule has 40 heavy (non-hydrogen) atoms. The van der Waals surface area contributed by atoms with Crippen molar-refractivity contribution in [1.82, 2.24) is 16.0 Å². The van der Waals surface area contributed by atoms with Crippen LogP contribution in [0.2, 0.25) is 0 Å². The van der Waals surface area contributed by atoms with E-state index in [9.17, 15) is 29.4 Å². The van der Waals surface area contributed by atoms with Gasteiger partial charge in [-0.2, -0.15) is 0 Å². The van der Waals surface area contributed by atoms with Crippen molar-refractivity contribution >= 4 is 29.7 Å². The molecule has 11 N–H and O–H groups in total. The largest absolute Gasteiger partial charge is 0.508 e. The van der Waals surface area contributed by atoms with E-state index in [2.05, 4.69) is 20.9 Å². The fourth-order valence-corrected chi connectivity index (χ4v) is 3.94. The van der Waals surface area contributed by atoms with Gasteiger partial charge in [0.1, 0.15) is 23.9 Å². The standard InChI is InChI=1S/C27H45N7O6/c1-5-16(4)22(34-23(36)19(28)14-17-8-10-18(35)11-9-17)25(38)33-21(13-15(2)3)24(37)32-20(26(39)40)7-6-12-31-27(29)30/h8-11,15-16,19-22,35H,5-7,12-14,28H2,1-4H3,(H,32,37)(H,33,38)(H,34,36)(H,39,40)(H4,29,30,31). The normalized spacial score (nSPS) is 14.8. The summed E-state index contributed by atoms with van der Waals surface area (Å²) in [4.78, 5) is 54.9. The maximum atomic E-state index is 13.4. The molecule has 0 radical (unpaired) electrons. The predicted octanol–water partition coefficient (Wildman–Crippen LogP) is -0.0532. The molecule has 1 aromatic rings. The van der Waals surface area contributed by atoms with Crippen molar-refractivity contribution < 1.29 is 29.4 Å². The summed E-state index contributed by atoms with van der Waals surface area (Å²) in [6.07, 6.45) is 1.41. The van der Waals surface area contributed by atoms with Gasteiger partial charge in [0.2, 0.25) is 17.7 Å². The summed E-state index contributed by atoms with van der Waals surface area (Å²) in [6, 6.07) is 2.15. The number of aliphatic carboxylic acids is 1. The zero-order valence-corrected chi connectivity index (χ0v) is 23.7. The molecule has 13 heteroatoms. The highest BCUT2D eigenvalue weighted by molar-refractivity contribution is 5.94. The van der Waals surface area contributed by atoms with Crippen molar-refractivity contribution in [2.24, 2.45) is 34.0 Å². The van der Waals surface area contributed by atoms with Gasteiger partial charge in [-0.15, -0.1) is 0 Å². The maximum absolute atomic E-state index is 13.4. The Balaban J connectivity index is 2.96. The second-order valence-electron chi connectivity index (χ2n) is 10.4. The number of amides is 3. The molecule has 0 heterocycles. The van der Waals surface area contributed by atoms with E-state index < -0.39 is 47.9 Å². The Hall–Kier alpha value is -3.87. The lowest BCUT2D eigenvalue weighted by Crippen LogP contribution is -2.59. The molecular formula is C27H45N7O6. The maximum Gasteiger partial charge on any atom is 0.326 e. The zero-order chi connectivity index (χ0) is 30.4.